The van der Waals surface area contributed by atoms with Crippen LogP contribution in [0.15, 0.2) is 23.0 Å². The van der Waals surface area contributed by atoms with Crippen LogP contribution in [0, 0.1) is 0 Å². The number of rotatable bonds is 9. The molecule has 1 aliphatic heterocycles. The highest BCUT2D eigenvalue weighted by Gasteiger charge is 2.18. The molecule has 0 radical (unpaired) electrons. The molecular formula is C20H26ClN3O4. The number of hydrogen-bond donors (Lipinski definition) is 1. The van der Waals surface area contributed by atoms with Gasteiger partial charge in [-0.3, -0.25) is 9.59 Å². The smallest absolute Gasteiger partial charge is 0.258 e. The average molecular weight is 408 g/mol. The first-order chi connectivity index (χ1) is 13.6. The fraction of sp³-hybridized carbons (Fsp3) is 0.550. The Balaban J connectivity index is 1.60. The Morgan fingerprint density at radius 3 is 3.07 bits per heavy atom. The Morgan fingerprint density at radius 2 is 2.32 bits per heavy atom. The van der Waals surface area contributed by atoms with Crippen molar-refractivity contribution < 1.29 is 14.3 Å². The van der Waals surface area contributed by atoms with Gasteiger partial charge in [-0.1, -0.05) is 18.5 Å². The van der Waals surface area contributed by atoms with E-state index in [4.69, 9.17) is 21.1 Å². The van der Waals surface area contributed by atoms with Crippen LogP contribution in [0.25, 0.3) is 10.9 Å². The molecule has 0 bridgehead atoms. The van der Waals surface area contributed by atoms with Gasteiger partial charge in [0, 0.05) is 18.2 Å². The third kappa shape index (κ3) is 5.53. The maximum absolute atomic E-state index is 12.6. The molecule has 28 heavy (non-hydrogen) atoms. The third-order valence-electron chi connectivity index (χ3n) is 4.69. The number of nitrogens with zero attached hydrogens (tertiary/aromatic N) is 2. The highest BCUT2D eigenvalue weighted by Crippen LogP contribution is 2.15. The summed E-state index contributed by atoms with van der Waals surface area (Å²) in [4.78, 5) is 33.8. The number of halogens is 1. The molecule has 8 heteroatoms. The fourth-order valence-electron chi connectivity index (χ4n) is 3.29. The second kappa shape index (κ2) is 10.0. The van der Waals surface area contributed by atoms with Crippen LogP contribution in [-0.4, -0.2) is 53.2 Å². The molecule has 0 spiro atoms. The van der Waals surface area contributed by atoms with Crippen molar-refractivity contribution in [3.05, 3.63) is 39.4 Å². The Labute approximate surface area is 169 Å². The van der Waals surface area contributed by atoms with Crippen LogP contribution in [0.5, 0.6) is 0 Å². The highest BCUT2D eigenvalue weighted by molar-refractivity contribution is 6.31. The number of aromatic amines is 1. The van der Waals surface area contributed by atoms with Gasteiger partial charge in [0.15, 0.2) is 0 Å². The molecule has 0 aliphatic carbocycles. The second-order valence-electron chi connectivity index (χ2n) is 6.95. The van der Waals surface area contributed by atoms with E-state index < -0.39 is 0 Å². The van der Waals surface area contributed by atoms with E-state index >= 15 is 0 Å². The molecule has 1 aliphatic rings. The minimum absolute atomic E-state index is 0.0250. The van der Waals surface area contributed by atoms with Crippen LogP contribution in [0.4, 0.5) is 0 Å². The van der Waals surface area contributed by atoms with E-state index in [1.807, 2.05) is 6.92 Å². The number of carbonyl (C=O) groups is 1. The van der Waals surface area contributed by atoms with Crippen molar-refractivity contribution in [3.63, 3.8) is 0 Å². The normalized spacial score (nSPS) is 16.6. The molecule has 1 aromatic carbocycles. The topological polar surface area (TPSA) is 84.5 Å². The summed E-state index contributed by atoms with van der Waals surface area (Å²) in [7, 11) is 0. The number of H-pyrrole nitrogens is 1. The first kappa shape index (κ1) is 20.8. The Kier molecular flexibility index (Phi) is 7.42. The van der Waals surface area contributed by atoms with E-state index in [0.29, 0.717) is 41.5 Å². The summed E-state index contributed by atoms with van der Waals surface area (Å²) >= 11 is 6.01. The average Bonchev–Trinajstić information content (AvgIpc) is 3.18. The number of carbonyl (C=O) groups excluding carboxylic acids is 1. The van der Waals surface area contributed by atoms with Crippen molar-refractivity contribution in [3.8, 4) is 0 Å². The van der Waals surface area contributed by atoms with Gasteiger partial charge in [-0.05, 0) is 37.5 Å². The number of fused-ring (bicyclic) bond motifs is 1. The lowest BCUT2D eigenvalue weighted by molar-refractivity contribution is -0.133. The largest absolute Gasteiger partial charge is 0.378 e. The van der Waals surface area contributed by atoms with E-state index in [-0.39, 0.29) is 30.5 Å². The quantitative estimate of drug-likeness (QED) is 0.646. The molecule has 1 amide bonds. The van der Waals surface area contributed by atoms with Gasteiger partial charge >= 0.3 is 0 Å². The standard InChI is InChI=1S/C20H26ClN3O4/c1-2-8-24(19(25)7-10-27-13-15-4-3-9-28-15)12-18-22-17-11-14(21)5-6-16(17)20(26)23-18/h5-6,11,15H,2-4,7-10,12-13H2,1H3,(H,22,23,26). The van der Waals surface area contributed by atoms with E-state index in [1.165, 1.54) is 0 Å². The SMILES string of the molecule is CCCN(Cc1nc2cc(Cl)ccc2c(=O)[nH]1)C(=O)CCOCC1CCCO1. The van der Waals surface area contributed by atoms with Crippen LogP contribution in [-0.2, 0) is 20.8 Å². The summed E-state index contributed by atoms with van der Waals surface area (Å²) in [6.45, 7) is 4.51. The molecule has 1 fully saturated rings. The molecule has 2 heterocycles. The number of benzene rings is 1. The van der Waals surface area contributed by atoms with Crippen molar-refractivity contribution >= 4 is 28.4 Å². The van der Waals surface area contributed by atoms with Crippen molar-refractivity contribution in [2.45, 2.75) is 45.3 Å². The molecule has 7 nitrogen and oxygen atoms in total. The molecule has 0 saturated carbocycles. The predicted octanol–water partition coefficient (Wildman–Crippen LogP) is 2.90. The van der Waals surface area contributed by atoms with Gasteiger partial charge in [-0.25, -0.2) is 4.98 Å². The zero-order valence-corrected chi connectivity index (χ0v) is 16.8. The van der Waals surface area contributed by atoms with Gasteiger partial charge in [0.05, 0.1) is 43.2 Å². The van der Waals surface area contributed by atoms with Gasteiger partial charge in [0.2, 0.25) is 5.91 Å². The van der Waals surface area contributed by atoms with E-state index in [0.717, 1.165) is 25.9 Å². The summed E-state index contributed by atoms with van der Waals surface area (Å²) in [6.07, 6.45) is 3.34. The molecule has 3 rings (SSSR count). The predicted molar refractivity (Wildman–Crippen MR) is 107 cm³/mol. The minimum atomic E-state index is -0.236. The lowest BCUT2D eigenvalue weighted by atomic mass is 10.2. The van der Waals surface area contributed by atoms with Crippen LogP contribution >= 0.6 is 11.6 Å². The third-order valence-corrected chi connectivity index (χ3v) is 4.93. The molecule has 1 saturated heterocycles. The Morgan fingerprint density at radius 1 is 1.46 bits per heavy atom. The van der Waals surface area contributed by atoms with Crippen molar-refractivity contribution in [2.75, 3.05) is 26.4 Å². The van der Waals surface area contributed by atoms with Gasteiger partial charge in [0.1, 0.15) is 5.82 Å². The lowest BCUT2D eigenvalue weighted by Gasteiger charge is -2.22. The zero-order valence-electron chi connectivity index (χ0n) is 16.1. The summed E-state index contributed by atoms with van der Waals surface area (Å²) in [5.41, 5.74) is 0.288. The summed E-state index contributed by atoms with van der Waals surface area (Å²) in [6, 6.07) is 4.96. The minimum Gasteiger partial charge on any atom is -0.378 e. The number of nitrogens with one attached hydrogen (secondary N) is 1. The summed E-state index contributed by atoms with van der Waals surface area (Å²) < 4.78 is 11.1. The monoisotopic (exact) mass is 407 g/mol. The van der Waals surface area contributed by atoms with Gasteiger partial charge in [-0.2, -0.15) is 0 Å². The molecule has 152 valence electrons. The fourth-order valence-corrected chi connectivity index (χ4v) is 3.45. The molecule has 1 atom stereocenters. The van der Waals surface area contributed by atoms with Gasteiger partial charge in [-0.15, -0.1) is 0 Å². The van der Waals surface area contributed by atoms with Crippen molar-refractivity contribution in [1.29, 1.82) is 0 Å². The van der Waals surface area contributed by atoms with Crippen molar-refractivity contribution in [2.24, 2.45) is 0 Å². The van der Waals surface area contributed by atoms with E-state index in [9.17, 15) is 9.59 Å². The molecule has 1 N–H and O–H groups in total. The highest BCUT2D eigenvalue weighted by atomic mass is 35.5. The second-order valence-corrected chi connectivity index (χ2v) is 7.39. The molecule has 1 aromatic heterocycles. The Bertz CT molecular complexity index is 864. The number of hydrogen-bond acceptors (Lipinski definition) is 5. The molecular weight excluding hydrogens is 382 g/mol. The van der Waals surface area contributed by atoms with Crippen LogP contribution in [0.3, 0.4) is 0 Å². The number of ether oxygens (including phenoxy) is 2. The summed E-state index contributed by atoms with van der Waals surface area (Å²) in [5, 5.41) is 0.991. The van der Waals surface area contributed by atoms with Crippen molar-refractivity contribution in [1.82, 2.24) is 14.9 Å². The maximum Gasteiger partial charge on any atom is 0.258 e. The summed E-state index contributed by atoms with van der Waals surface area (Å²) in [5.74, 6) is 0.421. The van der Waals surface area contributed by atoms with Crippen LogP contribution in [0.2, 0.25) is 5.02 Å². The number of aromatic nitrogens is 2. The number of amides is 1. The van der Waals surface area contributed by atoms with Gasteiger partial charge in [0.25, 0.3) is 5.56 Å². The first-order valence-electron chi connectivity index (χ1n) is 9.72. The Hall–Kier alpha value is -1.96. The van der Waals surface area contributed by atoms with Crippen LogP contribution in [0.1, 0.15) is 38.4 Å². The van der Waals surface area contributed by atoms with Crippen LogP contribution < -0.4 is 5.56 Å². The zero-order chi connectivity index (χ0) is 19.9. The maximum atomic E-state index is 12.6. The van der Waals surface area contributed by atoms with Gasteiger partial charge < -0.3 is 19.4 Å². The van der Waals surface area contributed by atoms with E-state index in [1.54, 1.807) is 23.1 Å². The molecule has 2 aromatic rings. The van der Waals surface area contributed by atoms with E-state index in [2.05, 4.69) is 9.97 Å². The molecule has 1 unspecified atom stereocenters. The first-order valence-corrected chi connectivity index (χ1v) is 10.1. The lowest BCUT2D eigenvalue weighted by Crippen LogP contribution is -2.33.